The third-order valence-corrected chi connectivity index (χ3v) is 5.36. The van der Waals surface area contributed by atoms with Crippen LogP contribution in [0.2, 0.25) is 0 Å². The monoisotopic (exact) mass is 300 g/mol. The molecule has 0 bridgehead atoms. The largest absolute Gasteiger partial charge is 0.338 e. The van der Waals surface area contributed by atoms with Crippen molar-refractivity contribution in [2.75, 3.05) is 6.54 Å². The van der Waals surface area contributed by atoms with Crippen molar-refractivity contribution in [3.8, 4) is 0 Å². The van der Waals surface area contributed by atoms with E-state index >= 15 is 0 Å². The molecule has 2 aromatic heterocycles. The van der Waals surface area contributed by atoms with Crippen molar-refractivity contribution >= 4 is 21.4 Å². The van der Waals surface area contributed by atoms with Crippen LogP contribution in [-0.2, 0) is 30.0 Å². The summed E-state index contributed by atoms with van der Waals surface area (Å²) >= 11 is 1.35. The molecule has 0 aliphatic heterocycles. The van der Waals surface area contributed by atoms with Gasteiger partial charge in [-0.2, -0.15) is 0 Å². The zero-order chi connectivity index (χ0) is 13.9. The molecule has 2 heterocycles. The normalized spacial score (nSPS) is 11.9. The summed E-state index contributed by atoms with van der Waals surface area (Å²) in [6, 6.07) is 1.58. The van der Waals surface area contributed by atoms with Crippen LogP contribution in [0.3, 0.4) is 0 Å². The van der Waals surface area contributed by atoms with Gasteiger partial charge in [0.25, 0.3) is 0 Å². The number of nitrogens with zero attached hydrogens (tertiary/aromatic N) is 2. The van der Waals surface area contributed by atoms with Gasteiger partial charge in [-0.1, -0.05) is 0 Å². The van der Waals surface area contributed by atoms with Crippen LogP contribution in [-0.4, -0.2) is 24.5 Å². The minimum Gasteiger partial charge on any atom is -0.338 e. The second kappa shape index (κ2) is 5.83. The van der Waals surface area contributed by atoms with Gasteiger partial charge < -0.3 is 10.3 Å². The molecule has 104 valence electrons. The summed E-state index contributed by atoms with van der Waals surface area (Å²) in [4.78, 5) is 5.09. The maximum absolute atomic E-state index is 12.1. The number of aromatic nitrogens is 2. The summed E-state index contributed by atoms with van der Waals surface area (Å²) in [5.74, 6) is 0.840. The van der Waals surface area contributed by atoms with Gasteiger partial charge in [0.05, 0.1) is 4.90 Å². The lowest BCUT2D eigenvalue weighted by Gasteiger charge is -2.07. The Morgan fingerprint density at radius 3 is 2.95 bits per heavy atom. The van der Waals surface area contributed by atoms with Crippen LogP contribution in [0.4, 0.5) is 0 Å². The molecule has 19 heavy (non-hydrogen) atoms. The van der Waals surface area contributed by atoms with Crippen molar-refractivity contribution in [2.45, 2.75) is 17.9 Å². The molecule has 0 radical (unpaired) electrons. The molecule has 0 spiro atoms. The number of imidazole rings is 1. The molecule has 0 aliphatic carbocycles. The Morgan fingerprint density at radius 1 is 1.53 bits per heavy atom. The number of rotatable bonds is 6. The van der Waals surface area contributed by atoms with E-state index in [1.165, 1.54) is 11.3 Å². The molecule has 0 atom stereocenters. The summed E-state index contributed by atoms with van der Waals surface area (Å²) in [5, 5.41) is 1.73. The zero-order valence-electron chi connectivity index (χ0n) is 10.5. The van der Waals surface area contributed by atoms with Crippen LogP contribution in [0.5, 0.6) is 0 Å². The summed E-state index contributed by atoms with van der Waals surface area (Å²) in [6.07, 6.45) is 4.06. The average Bonchev–Trinajstić information content (AvgIpc) is 2.98. The van der Waals surface area contributed by atoms with E-state index in [1.807, 2.05) is 17.8 Å². The number of nitrogens with one attached hydrogen (secondary N) is 1. The fraction of sp³-hybridized carbons (Fsp3) is 0.364. The van der Waals surface area contributed by atoms with E-state index in [4.69, 9.17) is 5.73 Å². The Morgan fingerprint density at radius 2 is 2.32 bits per heavy atom. The van der Waals surface area contributed by atoms with Crippen LogP contribution in [0.1, 0.15) is 10.7 Å². The lowest BCUT2D eigenvalue weighted by molar-refractivity contribution is 0.579. The van der Waals surface area contributed by atoms with E-state index in [9.17, 15) is 8.42 Å². The molecule has 0 unspecified atom stereocenters. The van der Waals surface area contributed by atoms with Gasteiger partial charge in [-0.05, 0) is 11.4 Å². The highest BCUT2D eigenvalue weighted by Crippen LogP contribution is 2.20. The van der Waals surface area contributed by atoms with Crippen molar-refractivity contribution in [3.63, 3.8) is 0 Å². The molecular formula is C11H16N4O2S2. The highest BCUT2D eigenvalue weighted by molar-refractivity contribution is 7.89. The molecule has 0 saturated heterocycles. The molecule has 0 fully saturated rings. The molecule has 2 aromatic rings. The van der Waals surface area contributed by atoms with Crippen molar-refractivity contribution in [1.29, 1.82) is 0 Å². The number of aryl methyl sites for hydroxylation is 1. The number of hydrogen-bond acceptors (Lipinski definition) is 5. The molecule has 0 aromatic carbocycles. The lowest BCUT2D eigenvalue weighted by atomic mass is 10.4. The fourth-order valence-corrected chi connectivity index (χ4v) is 4.09. The second-order valence-electron chi connectivity index (χ2n) is 4.01. The highest BCUT2D eigenvalue weighted by atomic mass is 32.2. The minimum absolute atomic E-state index is 0.229. The first kappa shape index (κ1) is 14.2. The molecule has 8 heteroatoms. The summed E-state index contributed by atoms with van der Waals surface area (Å²) in [5.41, 5.74) is 5.52. The Bertz CT molecular complexity index is 645. The molecule has 2 rings (SSSR count). The maximum atomic E-state index is 12.1. The van der Waals surface area contributed by atoms with E-state index in [2.05, 4.69) is 9.71 Å². The Labute approximate surface area is 116 Å². The predicted molar refractivity (Wildman–Crippen MR) is 74.3 cm³/mol. The van der Waals surface area contributed by atoms with Crippen LogP contribution < -0.4 is 10.5 Å². The van der Waals surface area contributed by atoms with E-state index in [-0.39, 0.29) is 11.4 Å². The fourth-order valence-electron chi connectivity index (χ4n) is 1.73. The van der Waals surface area contributed by atoms with Crippen LogP contribution in [0.25, 0.3) is 0 Å². The Kier molecular flexibility index (Phi) is 4.35. The van der Waals surface area contributed by atoms with Crippen molar-refractivity contribution in [2.24, 2.45) is 12.8 Å². The number of hydrogen-bond donors (Lipinski definition) is 2. The Hall–Kier alpha value is -1.22. The minimum atomic E-state index is -3.48. The highest BCUT2D eigenvalue weighted by Gasteiger charge is 2.18. The second-order valence-corrected chi connectivity index (χ2v) is 6.75. The average molecular weight is 300 g/mol. The van der Waals surface area contributed by atoms with E-state index < -0.39 is 10.0 Å². The van der Waals surface area contributed by atoms with Crippen LogP contribution in [0, 0.1) is 0 Å². The standard InChI is InChI=1S/C11H16N4O2S2/c1-15-6-5-13-11(15)2-4-14-19(16,17)10-3-7-18-9(10)8-12/h3,5-7,14H,2,4,8,12H2,1H3. The Balaban J connectivity index is 2.01. The molecule has 0 amide bonds. The smallest absolute Gasteiger partial charge is 0.241 e. The molecular weight excluding hydrogens is 284 g/mol. The van der Waals surface area contributed by atoms with Gasteiger partial charge in [-0.15, -0.1) is 11.3 Å². The van der Waals surface area contributed by atoms with Gasteiger partial charge in [-0.3, -0.25) is 0 Å². The third-order valence-electron chi connectivity index (χ3n) is 2.74. The summed E-state index contributed by atoms with van der Waals surface area (Å²) < 4.78 is 28.6. The topological polar surface area (TPSA) is 90.0 Å². The number of thiophene rings is 1. The first-order chi connectivity index (χ1) is 9.04. The van der Waals surface area contributed by atoms with E-state index in [1.54, 1.807) is 17.6 Å². The molecule has 0 aliphatic rings. The first-order valence-electron chi connectivity index (χ1n) is 5.77. The molecule has 6 nitrogen and oxygen atoms in total. The van der Waals surface area contributed by atoms with Gasteiger partial charge in [0.15, 0.2) is 0 Å². The number of sulfonamides is 1. The quantitative estimate of drug-likeness (QED) is 0.811. The van der Waals surface area contributed by atoms with Crippen LogP contribution >= 0.6 is 11.3 Å². The van der Waals surface area contributed by atoms with Crippen molar-refractivity contribution < 1.29 is 8.42 Å². The van der Waals surface area contributed by atoms with E-state index in [0.29, 0.717) is 17.8 Å². The van der Waals surface area contributed by atoms with Gasteiger partial charge in [-0.25, -0.2) is 18.1 Å². The van der Waals surface area contributed by atoms with Gasteiger partial charge >= 0.3 is 0 Å². The molecule has 0 saturated carbocycles. The maximum Gasteiger partial charge on any atom is 0.241 e. The molecule has 3 N–H and O–H groups in total. The van der Waals surface area contributed by atoms with Gasteiger partial charge in [0, 0.05) is 43.8 Å². The SMILES string of the molecule is Cn1ccnc1CCNS(=O)(=O)c1ccsc1CN. The first-order valence-corrected chi connectivity index (χ1v) is 8.13. The van der Waals surface area contributed by atoms with Crippen molar-refractivity contribution in [1.82, 2.24) is 14.3 Å². The summed E-state index contributed by atoms with van der Waals surface area (Å²) in [7, 11) is -1.61. The van der Waals surface area contributed by atoms with Crippen molar-refractivity contribution in [3.05, 3.63) is 34.5 Å². The lowest BCUT2D eigenvalue weighted by Crippen LogP contribution is -2.27. The third kappa shape index (κ3) is 3.21. The number of nitrogens with two attached hydrogens (primary N) is 1. The summed E-state index contributed by atoms with van der Waals surface area (Å²) in [6.45, 7) is 0.542. The van der Waals surface area contributed by atoms with E-state index in [0.717, 1.165) is 5.82 Å². The van der Waals surface area contributed by atoms with Gasteiger partial charge in [0.1, 0.15) is 5.82 Å². The van der Waals surface area contributed by atoms with Gasteiger partial charge in [0.2, 0.25) is 10.0 Å². The van der Waals surface area contributed by atoms with Crippen LogP contribution in [0.15, 0.2) is 28.7 Å². The predicted octanol–water partition coefficient (Wildman–Crippen LogP) is 0.461. The zero-order valence-corrected chi connectivity index (χ0v) is 12.2.